The van der Waals surface area contributed by atoms with Crippen LogP contribution in [0.15, 0.2) is 18.2 Å². The molecule has 4 heteroatoms. The van der Waals surface area contributed by atoms with Crippen molar-refractivity contribution in [2.75, 3.05) is 7.11 Å². The molecule has 110 valence electrons. The lowest BCUT2D eigenvalue weighted by Gasteiger charge is -2.23. The molecule has 1 fully saturated rings. The summed E-state index contributed by atoms with van der Waals surface area (Å²) < 4.78 is 11.3. The smallest absolute Gasteiger partial charge is 0.303 e. The molecule has 1 unspecified atom stereocenters. The van der Waals surface area contributed by atoms with E-state index in [9.17, 15) is 9.90 Å². The van der Waals surface area contributed by atoms with Crippen LogP contribution in [0.5, 0.6) is 11.5 Å². The first kappa shape index (κ1) is 14.7. The van der Waals surface area contributed by atoms with E-state index in [1.165, 1.54) is 0 Å². The van der Waals surface area contributed by atoms with Gasteiger partial charge < -0.3 is 14.6 Å². The molecule has 4 nitrogen and oxygen atoms in total. The SMILES string of the molecule is COc1cccc(OC(C)C)c1C(CC(=O)O)C1CC1. The van der Waals surface area contributed by atoms with Crippen LogP contribution < -0.4 is 9.47 Å². The van der Waals surface area contributed by atoms with E-state index >= 15 is 0 Å². The van der Waals surface area contributed by atoms with Gasteiger partial charge in [0, 0.05) is 11.5 Å². The molecular weight excluding hydrogens is 256 g/mol. The second kappa shape index (κ2) is 6.16. The summed E-state index contributed by atoms with van der Waals surface area (Å²) in [6.45, 7) is 3.93. The zero-order valence-electron chi connectivity index (χ0n) is 12.3. The van der Waals surface area contributed by atoms with E-state index in [2.05, 4.69) is 0 Å². The average molecular weight is 278 g/mol. The summed E-state index contributed by atoms with van der Waals surface area (Å²) >= 11 is 0. The number of hydrogen-bond donors (Lipinski definition) is 1. The highest BCUT2D eigenvalue weighted by Crippen LogP contribution is 2.50. The van der Waals surface area contributed by atoms with Gasteiger partial charge in [0.1, 0.15) is 11.5 Å². The second-order valence-electron chi connectivity index (χ2n) is 5.58. The van der Waals surface area contributed by atoms with Gasteiger partial charge in [0.05, 0.1) is 19.6 Å². The zero-order valence-corrected chi connectivity index (χ0v) is 12.3. The maximum atomic E-state index is 11.2. The van der Waals surface area contributed by atoms with Gasteiger partial charge in [0.25, 0.3) is 0 Å². The van der Waals surface area contributed by atoms with E-state index in [4.69, 9.17) is 9.47 Å². The molecule has 0 aliphatic heterocycles. The summed E-state index contributed by atoms with van der Waals surface area (Å²) in [5.74, 6) is 1.09. The number of carboxylic acid groups (broad SMARTS) is 1. The predicted octanol–water partition coefficient (Wildman–Crippen LogP) is 3.45. The van der Waals surface area contributed by atoms with Crippen LogP contribution in [-0.2, 0) is 4.79 Å². The molecule has 0 amide bonds. The van der Waals surface area contributed by atoms with Crippen molar-refractivity contribution in [2.45, 2.75) is 45.1 Å². The zero-order chi connectivity index (χ0) is 14.7. The molecule has 1 aliphatic carbocycles. The maximum absolute atomic E-state index is 11.2. The number of benzene rings is 1. The van der Waals surface area contributed by atoms with Gasteiger partial charge in [-0.15, -0.1) is 0 Å². The van der Waals surface area contributed by atoms with E-state index in [0.717, 1.165) is 29.9 Å². The number of hydrogen-bond acceptors (Lipinski definition) is 3. The molecule has 0 radical (unpaired) electrons. The average Bonchev–Trinajstić information content (AvgIpc) is 3.19. The monoisotopic (exact) mass is 278 g/mol. The van der Waals surface area contributed by atoms with Crippen LogP contribution in [-0.4, -0.2) is 24.3 Å². The number of carboxylic acids is 1. The lowest BCUT2D eigenvalue weighted by Crippen LogP contribution is -2.14. The minimum Gasteiger partial charge on any atom is -0.496 e. The van der Waals surface area contributed by atoms with E-state index in [1.807, 2.05) is 32.0 Å². The van der Waals surface area contributed by atoms with Gasteiger partial charge >= 0.3 is 5.97 Å². The van der Waals surface area contributed by atoms with Crippen LogP contribution in [0.1, 0.15) is 44.6 Å². The Balaban J connectivity index is 2.41. The summed E-state index contributed by atoms with van der Waals surface area (Å²) in [5.41, 5.74) is 0.911. The van der Waals surface area contributed by atoms with Gasteiger partial charge in [-0.2, -0.15) is 0 Å². The lowest BCUT2D eigenvalue weighted by molar-refractivity contribution is -0.137. The van der Waals surface area contributed by atoms with Crippen molar-refractivity contribution >= 4 is 5.97 Å². The Labute approximate surface area is 119 Å². The number of rotatable bonds is 7. The van der Waals surface area contributed by atoms with Crippen molar-refractivity contribution in [1.82, 2.24) is 0 Å². The van der Waals surface area contributed by atoms with Gasteiger partial charge in [-0.25, -0.2) is 0 Å². The van der Waals surface area contributed by atoms with E-state index in [-0.39, 0.29) is 18.4 Å². The number of carbonyl (C=O) groups is 1. The Morgan fingerprint density at radius 1 is 1.35 bits per heavy atom. The molecule has 0 saturated heterocycles. The first-order valence-corrected chi connectivity index (χ1v) is 7.08. The molecule has 1 saturated carbocycles. The van der Waals surface area contributed by atoms with Crippen molar-refractivity contribution in [3.63, 3.8) is 0 Å². The van der Waals surface area contributed by atoms with Crippen molar-refractivity contribution in [2.24, 2.45) is 5.92 Å². The van der Waals surface area contributed by atoms with Crippen molar-refractivity contribution < 1.29 is 19.4 Å². The molecule has 1 aromatic rings. The Morgan fingerprint density at radius 2 is 2.00 bits per heavy atom. The molecule has 2 rings (SSSR count). The summed E-state index contributed by atoms with van der Waals surface area (Å²) in [6, 6.07) is 5.65. The third-order valence-corrected chi connectivity index (χ3v) is 3.57. The lowest BCUT2D eigenvalue weighted by atomic mass is 9.89. The Kier molecular flexibility index (Phi) is 4.53. The quantitative estimate of drug-likeness (QED) is 0.830. The van der Waals surface area contributed by atoms with Gasteiger partial charge in [0.2, 0.25) is 0 Å². The largest absolute Gasteiger partial charge is 0.496 e. The standard InChI is InChI=1S/C16H22O4/c1-10(2)20-14-6-4-5-13(19-3)16(14)12(9-15(17)18)11-7-8-11/h4-6,10-12H,7-9H2,1-3H3,(H,17,18). The summed E-state index contributed by atoms with van der Waals surface area (Å²) in [4.78, 5) is 11.2. The fraction of sp³-hybridized carbons (Fsp3) is 0.562. The van der Waals surface area contributed by atoms with Gasteiger partial charge in [0.15, 0.2) is 0 Å². The molecule has 0 aromatic heterocycles. The molecule has 1 aliphatic rings. The number of ether oxygens (including phenoxy) is 2. The third kappa shape index (κ3) is 3.44. The van der Waals surface area contributed by atoms with Crippen LogP contribution in [0.4, 0.5) is 0 Å². The first-order valence-electron chi connectivity index (χ1n) is 7.08. The maximum Gasteiger partial charge on any atom is 0.303 e. The van der Waals surface area contributed by atoms with Crippen molar-refractivity contribution in [3.05, 3.63) is 23.8 Å². The highest BCUT2D eigenvalue weighted by atomic mass is 16.5. The second-order valence-corrected chi connectivity index (χ2v) is 5.58. The molecular formula is C16H22O4. The van der Waals surface area contributed by atoms with Crippen LogP contribution in [0.3, 0.4) is 0 Å². The molecule has 0 heterocycles. The van der Waals surface area contributed by atoms with E-state index in [1.54, 1.807) is 7.11 Å². The van der Waals surface area contributed by atoms with Crippen LogP contribution >= 0.6 is 0 Å². The van der Waals surface area contributed by atoms with E-state index in [0.29, 0.717) is 5.92 Å². The minimum absolute atomic E-state index is 0.0302. The Hall–Kier alpha value is -1.71. The van der Waals surface area contributed by atoms with Gasteiger partial charge in [-0.05, 0) is 44.7 Å². The third-order valence-electron chi connectivity index (χ3n) is 3.57. The number of methoxy groups -OCH3 is 1. The van der Waals surface area contributed by atoms with Gasteiger partial charge in [-0.1, -0.05) is 6.07 Å². The molecule has 1 N–H and O–H groups in total. The highest BCUT2D eigenvalue weighted by Gasteiger charge is 2.37. The van der Waals surface area contributed by atoms with E-state index < -0.39 is 5.97 Å². The van der Waals surface area contributed by atoms with Crippen molar-refractivity contribution in [3.8, 4) is 11.5 Å². The number of aliphatic carboxylic acids is 1. The first-order chi connectivity index (χ1) is 9.52. The summed E-state index contributed by atoms with van der Waals surface area (Å²) in [5, 5.41) is 9.18. The van der Waals surface area contributed by atoms with Gasteiger partial charge in [-0.3, -0.25) is 4.79 Å². The van der Waals surface area contributed by atoms with Crippen LogP contribution in [0, 0.1) is 5.92 Å². The summed E-state index contributed by atoms with van der Waals surface area (Å²) in [7, 11) is 1.61. The van der Waals surface area contributed by atoms with Crippen LogP contribution in [0.25, 0.3) is 0 Å². The topological polar surface area (TPSA) is 55.8 Å². The fourth-order valence-corrected chi connectivity index (χ4v) is 2.62. The Morgan fingerprint density at radius 3 is 2.50 bits per heavy atom. The Bertz CT molecular complexity index is 477. The highest BCUT2D eigenvalue weighted by molar-refractivity contribution is 5.69. The molecule has 1 aromatic carbocycles. The molecule has 0 spiro atoms. The predicted molar refractivity (Wildman–Crippen MR) is 76.5 cm³/mol. The summed E-state index contributed by atoms with van der Waals surface area (Å²) in [6.07, 6.45) is 2.33. The normalized spacial score (nSPS) is 16.0. The van der Waals surface area contributed by atoms with Crippen molar-refractivity contribution in [1.29, 1.82) is 0 Å². The van der Waals surface area contributed by atoms with Crippen LogP contribution in [0.2, 0.25) is 0 Å². The fourth-order valence-electron chi connectivity index (χ4n) is 2.62. The minimum atomic E-state index is -0.775. The molecule has 1 atom stereocenters. The molecule has 20 heavy (non-hydrogen) atoms. The molecule has 0 bridgehead atoms.